The zero-order chi connectivity index (χ0) is 12.0. The number of carbonyl (C=O) groups is 2. The number of nitrogens with zero attached hydrogens (tertiary/aromatic N) is 1. The molecule has 1 saturated heterocycles. The third-order valence-corrected chi connectivity index (χ3v) is 4.15. The third-order valence-electron chi connectivity index (χ3n) is 4.15. The molecule has 1 N–H and O–H groups in total. The van der Waals surface area contributed by atoms with Crippen molar-refractivity contribution in [1.29, 1.82) is 0 Å². The van der Waals surface area contributed by atoms with Gasteiger partial charge in [-0.15, -0.1) is 0 Å². The van der Waals surface area contributed by atoms with Crippen LogP contribution in [0.25, 0.3) is 0 Å². The van der Waals surface area contributed by atoms with E-state index in [9.17, 15) is 9.59 Å². The van der Waals surface area contributed by atoms with E-state index >= 15 is 0 Å². The molecular formula is C12H19NO3. The highest BCUT2D eigenvalue weighted by Crippen LogP contribution is 2.52. The zero-order valence-corrected chi connectivity index (χ0v) is 9.95. The molecule has 1 amide bonds. The summed E-state index contributed by atoms with van der Waals surface area (Å²) in [6, 6.07) is 0. The van der Waals surface area contributed by atoms with Crippen LogP contribution in [-0.2, 0) is 9.59 Å². The summed E-state index contributed by atoms with van der Waals surface area (Å²) < 4.78 is 0. The van der Waals surface area contributed by atoms with Crippen LogP contribution in [0.2, 0.25) is 0 Å². The van der Waals surface area contributed by atoms with Gasteiger partial charge in [0, 0.05) is 13.5 Å². The first-order valence-electron chi connectivity index (χ1n) is 5.87. The smallest absolute Gasteiger partial charge is 0.305 e. The Morgan fingerprint density at radius 2 is 2.06 bits per heavy atom. The molecule has 16 heavy (non-hydrogen) atoms. The molecule has 0 aromatic rings. The lowest BCUT2D eigenvalue weighted by Crippen LogP contribution is -2.47. The lowest BCUT2D eigenvalue weighted by atomic mass is 9.70. The maximum absolute atomic E-state index is 11.7. The zero-order valence-electron chi connectivity index (χ0n) is 9.95. The topological polar surface area (TPSA) is 57.6 Å². The van der Waals surface area contributed by atoms with Crippen molar-refractivity contribution >= 4 is 11.9 Å². The molecular weight excluding hydrogens is 206 g/mol. The van der Waals surface area contributed by atoms with Crippen LogP contribution >= 0.6 is 0 Å². The van der Waals surface area contributed by atoms with E-state index in [0.29, 0.717) is 0 Å². The Morgan fingerprint density at radius 1 is 1.38 bits per heavy atom. The van der Waals surface area contributed by atoms with E-state index < -0.39 is 11.5 Å². The fourth-order valence-electron chi connectivity index (χ4n) is 3.70. The van der Waals surface area contributed by atoms with Crippen LogP contribution in [0.4, 0.5) is 0 Å². The fourth-order valence-corrected chi connectivity index (χ4v) is 3.70. The Hall–Kier alpha value is -1.06. The second-order valence-corrected chi connectivity index (χ2v) is 5.74. The van der Waals surface area contributed by atoms with Crippen molar-refractivity contribution in [2.24, 2.45) is 5.41 Å². The average molecular weight is 225 g/mol. The molecule has 2 aliphatic rings. The van der Waals surface area contributed by atoms with E-state index in [0.717, 1.165) is 32.2 Å². The molecule has 2 unspecified atom stereocenters. The van der Waals surface area contributed by atoms with Gasteiger partial charge < -0.3 is 10.0 Å². The highest BCUT2D eigenvalue weighted by molar-refractivity contribution is 5.77. The molecule has 1 heterocycles. The van der Waals surface area contributed by atoms with E-state index in [4.69, 9.17) is 5.11 Å². The highest BCUT2D eigenvalue weighted by Gasteiger charge is 2.55. The summed E-state index contributed by atoms with van der Waals surface area (Å²) in [6.07, 6.45) is 3.94. The van der Waals surface area contributed by atoms with E-state index in [1.54, 1.807) is 6.92 Å². The van der Waals surface area contributed by atoms with Gasteiger partial charge in [0.15, 0.2) is 0 Å². The number of rotatable bonds is 2. The van der Waals surface area contributed by atoms with Gasteiger partial charge >= 0.3 is 5.97 Å². The number of fused-ring (bicyclic) bond motifs is 2. The van der Waals surface area contributed by atoms with Crippen molar-refractivity contribution in [3.63, 3.8) is 0 Å². The summed E-state index contributed by atoms with van der Waals surface area (Å²) in [4.78, 5) is 24.4. The standard InChI is InChI=1S/C12H19NO3/c1-9(14)13-8-11(2)4-3-5-12(13,7-11)6-10(15)16/h3-8H2,1-2H3,(H,15,16). The SMILES string of the molecule is CC(=O)N1CC2(C)CCCC1(CC(=O)O)C2. The van der Waals surface area contributed by atoms with Gasteiger partial charge in [-0.05, 0) is 24.7 Å². The summed E-state index contributed by atoms with van der Waals surface area (Å²) in [5, 5.41) is 9.03. The summed E-state index contributed by atoms with van der Waals surface area (Å²) >= 11 is 0. The van der Waals surface area contributed by atoms with Gasteiger partial charge in [-0.25, -0.2) is 0 Å². The molecule has 2 fully saturated rings. The third kappa shape index (κ3) is 1.70. The van der Waals surface area contributed by atoms with Gasteiger partial charge in [-0.1, -0.05) is 13.3 Å². The van der Waals surface area contributed by atoms with Crippen LogP contribution < -0.4 is 0 Å². The van der Waals surface area contributed by atoms with E-state index in [1.165, 1.54) is 0 Å². The van der Waals surface area contributed by atoms with Crippen LogP contribution in [-0.4, -0.2) is 34.0 Å². The lowest BCUT2D eigenvalue weighted by molar-refractivity contribution is -0.143. The molecule has 4 nitrogen and oxygen atoms in total. The van der Waals surface area contributed by atoms with Crippen molar-refractivity contribution in [3.05, 3.63) is 0 Å². The number of amides is 1. The Morgan fingerprint density at radius 3 is 2.62 bits per heavy atom. The number of carboxylic acid groups (broad SMARTS) is 1. The van der Waals surface area contributed by atoms with E-state index in [1.807, 2.05) is 4.90 Å². The summed E-state index contributed by atoms with van der Waals surface area (Å²) in [6.45, 7) is 4.45. The fraction of sp³-hybridized carbons (Fsp3) is 0.833. The van der Waals surface area contributed by atoms with Gasteiger partial charge in [-0.3, -0.25) is 9.59 Å². The Kier molecular flexibility index (Phi) is 2.48. The molecule has 2 atom stereocenters. The van der Waals surface area contributed by atoms with Gasteiger partial charge in [0.1, 0.15) is 0 Å². The molecule has 2 rings (SSSR count). The maximum Gasteiger partial charge on any atom is 0.305 e. The minimum atomic E-state index is -0.794. The summed E-state index contributed by atoms with van der Waals surface area (Å²) in [5.74, 6) is -0.774. The predicted molar refractivity (Wildman–Crippen MR) is 58.9 cm³/mol. The van der Waals surface area contributed by atoms with Crippen molar-refractivity contribution in [3.8, 4) is 0 Å². The van der Waals surface area contributed by atoms with Gasteiger partial charge in [0.2, 0.25) is 5.91 Å². The molecule has 0 radical (unpaired) electrons. The van der Waals surface area contributed by atoms with Crippen molar-refractivity contribution in [2.45, 2.75) is 51.5 Å². The first-order valence-corrected chi connectivity index (χ1v) is 5.87. The van der Waals surface area contributed by atoms with Crippen molar-refractivity contribution in [1.82, 2.24) is 4.90 Å². The quantitative estimate of drug-likeness (QED) is 0.777. The number of carbonyl (C=O) groups excluding carboxylic acids is 1. The number of aliphatic carboxylic acids is 1. The number of hydrogen-bond donors (Lipinski definition) is 1. The predicted octanol–water partition coefficient (Wildman–Crippen LogP) is 1.64. The van der Waals surface area contributed by atoms with Crippen molar-refractivity contribution < 1.29 is 14.7 Å². The van der Waals surface area contributed by atoms with E-state index in [2.05, 4.69) is 6.92 Å². The normalized spacial score (nSPS) is 37.5. The monoisotopic (exact) mass is 225 g/mol. The number of likely N-dealkylation sites (tertiary alicyclic amines) is 1. The van der Waals surface area contributed by atoms with Crippen LogP contribution in [0, 0.1) is 5.41 Å². The van der Waals surface area contributed by atoms with Crippen LogP contribution in [0.15, 0.2) is 0 Å². The first kappa shape index (κ1) is 11.4. The second kappa shape index (κ2) is 3.47. The average Bonchev–Trinajstić information content (AvgIpc) is 2.31. The molecule has 1 aliphatic carbocycles. The molecule has 0 aromatic heterocycles. The van der Waals surface area contributed by atoms with Gasteiger partial charge in [-0.2, -0.15) is 0 Å². The Labute approximate surface area is 95.6 Å². The van der Waals surface area contributed by atoms with Gasteiger partial charge in [0.25, 0.3) is 0 Å². The maximum atomic E-state index is 11.7. The molecule has 90 valence electrons. The highest BCUT2D eigenvalue weighted by atomic mass is 16.4. The Bertz CT molecular complexity index is 341. The first-order chi connectivity index (χ1) is 7.37. The van der Waals surface area contributed by atoms with Crippen LogP contribution in [0.3, 0.4) is 0 Å². The number of hydrogen-bond acceptors (Lipinski definition) is 2. The molecule has 0 spiro atoms. The molecule has 4 heteroatoms. The number of carboxylic acids is 1. The van der Waals surface area contributed by atoms with Crippen LogP contribution in [0.5, 0.6) is 0 Å². The lowest BCUT2D eigenvalue weighted by Gasteiger charge is -2.39. The molecule has 1 saturated carbocycles. The minimum absolute atomic E-state index is 0.0203. The molecule has 2 bridgehead atoms. The second-order valence-electron chi connectivity index (χ2n) is 5.74. The van der Waals surface area contributed by atoms with Crippen molar-refractivity contribution in [2.75, 3.05) is 6.54 Å². The van der Waals surface area contributed by atoms with Gasteiger partial charge in [0.05, 0.1) is 12.0 Å². The van der Waals surface area contributed by atoms with Crippen LogP contribution in [0.1, 0.15) is 46.0 Å². The molecule has 0 aromatic carbocycles. The Balaban J connectivity index is 2.31. The largest absolute Gasteiger partial charge is 0.481 e. The molecule has 1 aliphatic heterocycles. The summed E-state index contributed by atoms with van der Waals surface area (Å²) in [7, 11) is 0. The minimum Gasteiger partial charge on any atom is -0.481 e. The van der Waals surface area contributed by atoms with E-state index in [-0.39, 0.29) is 17.7 Å². The summed E-state index contributed by atoms with van der Waals surface area (Å²) in [5.41, 5.74) is -0.260.